The zero-order chi connectivity index (χ0) is 8.53. The Morgan fingerprint density at radius 1 is 1.27 bits per heavy atom. The van der Waals surface area contributed by atoms with Crippen molar-refractivity contribution in [3.05, 3.63) is 12.2 Å². The Hall–Kier alpha value is 0.0300. The van der Waals surface area contributed by atoms with E-state index in [9.17, 15) is 0 Å². The summed E-state index contributed by atoms with van der Waals surface area (Å²) in [4.78, 5) is 0. The summed E-state index contributed by atoms with van der Waals surface area (Å²) >= 11 is 6.01. The van der Waals surface area contributed by atoms with Crippen molar-refractivity contribution in [2.45, 2.75) is 51.3 Å². The van der Waals surface area contributed by atoms with Crippen molar-refractivity contribution in [2.24, 2.45) is 0 Å². The SMILES string of the molecule is CCCC=CC(Cl)CCCC. The molecule has 11 heavy (non-hydrogen) atoms. The fourth-order valence-corrected chi connectivity index (χ4v) is 1.16. The van der Waals surface area contributed by atoms with Crippen LogP contribution in [0.1, 0.15) is 46.0 Å². The molecule has 0 aromatic rings. The summed E-state index contributed by atoms with van der Waals surface area (Å²) in [6.07, 6.45) is 10.3. The molecule has 0 aliphatic carbocycles. The van der Waals surface area contributed by atoms with E-state index in [-0.39, 0.29) is 5.38 Å². The second-order valence-electron chi connectivity index (χ2n) is 2.88. The molecule has 0 aromatic heterocycles. The first-order valence-electron chi connectivity index (χ1n) is 4.62. The fourth-order valence-electron chi connectivity index (χ4n) is 0.906. The topological polar surface area (TPSA) is 0 Å². The largest absolute Gasteiger partial charge is 0.118 e. The van der Waals surface area contributed by atoms with Crippen LogP contribution in [0.5, 0.6) is 0 Å². The lowest BCUT2D eigenvalue weighted by Gasteiger charge is -2.00. The third-order valence-electron chi connectivity index (χ3n) is 1.63. The van der Waals surface area contributed by atoms with Gasteiger partial charge in [-0.1, -0.05) is 45.3 Å². The molecule has 1 unspecified atom stereocenters. The number of hydrogen-bond acceptors (Lipinski definition) is 0. The smallest absolute Gasteiger partial charge is 0.0516 e. The molecular formula is C10H19Cl. The van der Waals surface area contributed by atoms with Gasteiger partial charge in [0.05, 0.1) is 5.38 Å². The Morgan fingerprint density at radius 2 is 2.00 bits per heavy atom. The maximum atomic E-state index is 6.01. The first-order valence-corrected chi connectivity index (χ1v) is 5.05. The summed E-state index contributed by atoms with van der Waals surface area (Å²) in [5, 5.41) is 0.265. The van der Waals surface area contributed by atoms with Crippen LogP contribution in [0.15, 0.2) is 12.2 Å². The molecule has 0 saturated carbocycles. The molecule has 0 heterocycles. The summed E-state index contributed by atoms with van der Waals surface area (Å²) in [7, 11) is 0. The fraction of sp³-hybridized carbons (Fsp3) is 0.800. The summed E-state index contributed by atoms with van der Waals surface area (Å²) in [5.74, 6) is 0. The van der Waals surface area contributed by atoms with Crippen LogP contribution in [0.25, 0.3) is 0 Å². The van der Waals surface area contributed by atoms with Crippen molar-refractivity contribution in [3.8, 4) is 0 Å². The van der Waals surface area contributed by atoms with Crippen molar-refractivity contribution in [1.29, 1.82) is 0 Å². The average molecular weight is 175 g/mol. The van der Waals surface area contributed by atoms with Crippen molar-refractivity contribution in [2.75, 3.05) is 0 Å². The van der Waals surface area contributed by atoms with E-state index in [2.05, 4.69) is 26.0 Å². The lowest BCUT2D eigenvalue weighted by atomic mass is 10.2. The van der Waals surface area contributed by atoms with E-state index in [4.69, 9.17) is 11.6 Å². The predicted molar refractivity (Wildman–Crippen MR) is 53.2 cm³/mol. The third kappa shape index (κ3) is 7.93. The molecule has 0 radical (unpaired) electrons. The molecule has 0 rings (SSSR count). The van der Waals surface area contributed by atoms with E-state index in [0.29, 0.717) is 0 Å². The first-order chi connectivity index (χ1) is 5.31. The minimum atomic E-state index is 0.265. The highest BCUT2D eigenvalue weighted by atomic mass is 35.5. The van der Waals surface area contributed by atoms with Gasteiger partial charge in [-0.2, -0.15) is 0 Å². The van der Waals surface area contributed by atoms with E-state index in [1.807, 2.05) is 0 Å². The molecule has 0 aliphatic heterocycles. The highest BCUT2D eigenvalue weighted by Crippen LogP contribution is 2.09. The molecule has 1 heteroatoms. The van der Waals surface area contributed by atoms with Crippen LogP contribution < -0.4 is 0 Å². The number of halogens is 1. The Balaban J connectivity index is 3.27. The highest BCUT2D eigenvalue weighted by Gasteiger charge is 1.96. The predicted octanol–water partition coefficient (Wildman–Crippen LogP) is 4.14. The van der Waals surface area contributed by atoms with Crippen LogP contribution in [0.4, 0.5) is 0 Å². The maximum absolute atomic E-state index is 6.01. The van der Waals surface area contributed by atoms with Crippen LogP contribution in [-0.2, 0) is 0 Å². The lowest BCUT2D eigenvalue weighted by Crippen LogP contribution is -1.91. The summed E-state index contributed by atoms with van der Waals surface area (Å²) in [6, 6.07) is 0. The first kappa shape index (κ1) is 11.0. The monoisotopic (exact) mass is 174 g/mol. The van der Waals surface area contributed by atoms with Crippen molar-refractivity contribution >= 4 is 11.6 Å². The molecule has 0 fully saturated rings. The van der Waals surface area contributed by atoms with E-state index >= 15 is 0 Å². The maximum Gasteiger partial charge on any atom is 0.0516 e. The second-order valence-corrected chi connectivity index (χ2v) is 3.44. The number of hydrogen-bond donors (Lipinski definition) is 0. The van der Waals surface area contributed by atoms with Gasteiger partial charge in [0, 0.05) is 0 Å². The highest BCUT2D eigenvalue weighted by molar-refractivity contribution is 6.21. The van der Waals surface area contributed by atoms with Gasteiger partial charge >= 0.3 is 0 Å². The molecule has 0 saturated heterocycles. The van der Waals surface area contributed by atoms with Gasteiger partial charge in [0.1, 0.15) is 0 Å². The molecule has 0 amide bonds. The lowest BCUT2D eigenvalue weighted by molar-refractivity contribution is 0.732. The number of allylic oxidation sites excluding steroid dienone is 2. The van der Waals surface area contributed by atoms with Gasteiger partial charge in [-0.3, -0.25) is 0 Å². The molecule has 0 bridgehead atoms. The molecule has 0 nitrogen and oxygen atoms in total. The van der Waals surface area contributed by atoms with E-state index in [1.54, 1.807) is 0 Å². The molecule has 0 aliphatic rings. The van der Waals surface area contributed by atoms with Gasteiger partial charge in [-0.15, -0.1) is 11.6 Å². The Bertz CT molecular complexity index is 97.0. The molecule has 0 N–H and O–H groups in total. The van der Waals surface area contributed by atoms with Crippen LogP contribution in [-0.4, -0.2) is 5.38 Å². The Labute approximate surface area is 75.6 Å². The Kier molecular flexibility index (Phi) is 8.15. The van der Waals surface area contributed by atoms with Gasteiger partial charge in [-0.25, -0.2) is 0 Å². The summed E-state index contributed by atoms with van der Waals surface area (Å²) in [6.45, 7) is 4.37. The zero-order valence-corrected chi connectivity index (χ0v) is 8.40. The zero-order valence-electron chi connectivity index (χ0n) is 7.65. The van der Waals surface area contributed by atoms with Gasteiger partial charge < -0.3 is 0 Å². The Morgan fingerprint density at radius 3 is 2.55 bits per heavy atom. The summed E-state index contributed by atoms with van der Waals surface area (Å²) < 4.78 is 0. The van der Waals surface area contributed by atoms with Crippen molar-refractivity contribution in [1.82, 2.24) is 0 Å². The van der Waals surface area contributed by atoms with Gasteiger partial charge in [0.2, 0.25) is 0 Å². The van der Waals surface area contributed by atoms with Crippen LogP contribution >= 0.6 is 11.6 Å². The van der Waals surface area contributed by atoms with Crippen molar-refractivity contribution < 1.29 is 0 Å². The molecule has 0 aromatic carbocycles. The van der Waals surface area contributed by atoms with Crippen molar-refractivity contribution in [3.63, 3.8) is 0 Å². The third-order valence-corrected chi connectivity index (χ3v) is 2.00. The minimum absolute atomic E-state index is 0.265. The summed E-state index contributed by atoms with van der Waals surface area (Å²) in [5.41, 5.74) is 0. The minimum Gasteiger partial charge on any atom is -0.118 e. The van der Waals surface area contributed by atoms with E-state index < -0.39 is 0 Å². The van der Waals surface area contributed by atoms with Gasteiger partial charge in [0.15, 0.2) is 0 Å². The van der Waals surface area contributed by atoms with Crippen LogP contribution in [0.3, 0.4) is 0 Å². The van der Waals surface area contributed by atoms with Crippen LogP contribution in [0.2, 0.25) is 0 Å². The molecular weight excluding hydrogens is 156 g/mol. The molecule has 0 spiro atoms. The standard InChI is InChI=1S/C10H19Cl/c1-3-5-7-9-10(11)8-6-4-2/h7,9-10H,3-6,8H2,1-2H3. The second kappa shape index (κ2) is 8.13. The van der Waals surface area contributed by atoms with Gasteiger partial charge in [-0.05, 0) is 12.8 Å². The normalized spacial score (nSPS) is 14.1. The van der Waals surface area contributed by atoms with E-state index in [0.717, 1.165) is 12.8 Å². The quantitative estimate of drug-likeness (QED) is 0.420. The number of unbranched alkanes of at least 4 members (excludes halogenated alkanes) is 2. The number of alkyl halides is 1. The van der Waals surface area contributed by atoms with E-state index in [1.165, 1.54) is 19.3 Å². The average Bonchev–Trinajstić information content (AvgIpc) is 2.01. The molecule has 1 atom stereocenters. The van der Waals surface area contributed by atoms with Crippen LogP contribution in [0, 0.1) is 0 Å². The number of rotatable bonds is 6. The molecule has 66 valence electrons. The van der Waals surface area contributed by atoms with Gasteiger partial charge in [0.25, 0.3) is 0 Å².